The minimum atomic E-state index is -1.24. The smallest absolute Gasteiger partial charge is 0.263 e. The zero-order valence-corrected chi connectivity index (χ0v) is 19.6. The standard InChI is InChI=1S/C26H27FN2O3S/c1-26(2)32-23-12-8-20(17-24(23)33(26)31)14-16-29(18-22-5-3-4-15-28-22)25(30)13-9-19-6-10-21(27)11-7-19/h3-8,10-12,15,17H,9,13-14,16,18H2,1-2H3. The van der Waals surface area contributed by atoms with E-state index in [1.165, 1.54) is 12.1 Å². The molecule has 0 radical (unpaired) electrons. The average Bonchev–Trinajstić information content (AvgIpc) is 3.04. The highest BCUT2D eigenvalue weighted by Gasteiger charge is 2.45. The second kappa shape index (κ2) is 9.93. The summed E-state index contributed by atoms with van der Waals surface area (Å²) in [6.07, 6.45) is 3.21. The van der Waals surface area contributed by atoms with Gasteiger partial charge in [0, 0.05) is 50.3 Å². The summed E-state index contributed by atoms with van der Waals surface area (Å²) in [6.45, 7) is 4.55. The number of aryl methyl sites for hydroxylation is 1. The summed E-state index contributed by atoms with van der Waals surface area (Å²) in [7, 11) is 0. The summed E-state index contributed by atoms with van der Waals surface area (Å²) in [6, 6.07) is 17.6. The summed E-state index contributed by atoms with van der Waals surface area (Å²) in [5.41, 5.74) is 2.74. The van der Waals surface area contributed by atoms with E-state index < -0.39 is 16.1 Å². The quantitative estimate of drug-likeness (QED) is 0.453. The number of rotatable bonds is 8. The fraction of sp³-hybridized carbons (Fsp3) is 0.308. The van der Waals surface area contributed by atoms with Crippen LogP contribution in [0.4, 0.5) is 4.39 Å². The van der Waals surface area contributed by atoms with Gasteiger partial charge < -0.3 is 14.2 Å². The molecule has 33 heavy (non-hydrogen) atoms. The summed E-state index contributed by atoms with van der Waals surface area (Å²) >= 11 is -1.24. The fourth-order valence-corrected chi connectivity index (χ4v) is 5.05. The highest BCUT2D eigenvalue weighted by molar-refractivity contribution is 7.93. The van der Waals surface area contributed by atoms with E-state index in [9.17, 15) is 13.7 Å². The second-order valence-corrected chi connectivity index (χ2v) is 10.5. The van der Waals surface area contributed by atoms with Crippen LogP contribution in [0.5, 0.6) is 5.75 Å². The van der Waals surface area contributed by atoms with Gasteiger partial charge in [-0.15, -0.1) is 0 Å². The molecule has 0 spiro atoms. The number of hydrogen-bond donors (Lipinski definition) is 0. The highest BCUT2D eigenvalue weighted by atomic mass is 32.2. The Hall–Kier alpha value is -2.90. The van der Waals surface area contributed by atoms with Gasteiger partial charge in [-0.1, -0.05) is 24.3 Å². The van der Waals surface area contributed by atoms with Gasteiger partial charge in [0.1, 0.15) is 5.82 Å². The largest absolute Gasteiger partial charge is 0.608 e. The number of carbonyl (C=O) groups is 1. The Morgan fingerprint density at radius 2 is 1.85 bits per heavy atom. The van der Waals surface area contributed by atoms with Crippen molar-refractivity contribution in [2.45, 2.75) is 49.5 Å². The molecule has 5 nitrogen and oxygen atoms in total. The number of benzene rings is 2. The van der Waals surface area contributed by atoms with Gasteiger partial charge in [-0.3, -0.25) is 9.78 Å². The lowest BCUT2D eigenvalue weighted by Gasteiger charge is -2.23. The second-order valence-electron chi connectivity index (χ2n) is 8.56. The molecule has 1 aliphatic heterocycles. The fourth-order valence-electron chi connectivity index (χ4n) is 3.81. The highest BCUT2D eigenvalue weighted by Crippen LogP contribution is 2.41. The van der Waals surface area contributed by atoms with E-state index in [1.54, 1.807) is 23.2 Å². The summed E-state index contributed by atoms with van der Waals surface area (Å²) < 4.78 is 31.6. The normalized spacial score (nSPS) is 16.2. The van der Waals surface area contributed by atoms with Gasteiger partial charge in [-0.05, 0) is 54.3 Å². The average molecular weight is 467 g/mol. The molecule has 1 atom stereocenters. The van der Waals surface area contributed by atoms with Gasteiger partial charge >= 0.3 is 0 Å². The molecule has 3 aromatic rings. The van der Waals surface area contributed by atoms with Gasteiger partial charge in [0.25, 0.3) is 4.93 Å². The molecule has 2 aromatic carbocycles. The first kappa shape index (κ1) is 23.3. The van der Waals surface area contributed by atoms with E-state index in [-0.39, 0.29) is 11.7 Å². The van der Waals surface area contributed by atoms with Crippen LogP contribution in [-0.4, -0.2) is 31.8 Å². The number of nitrogens with zero attached hydrogens (tertiary/aromatic N) is 2. The van der Waals surface area contributed by atoms with Gasteiger partial charge in [0.05, 0.1) is 12.2 Å². The summed E-state index contributed by atoms with van der Waals surface area (Å²) in [5, 5.41) is 0. The van der Waals surface area contributed by atoms with Crippen molar-refractivity contribution in [2.24, 2.45) is 0 Å². The van der Waals surface area contributed by atoms with Crippen molar-refractivity contribution in [3.8, 4) is 5.75 Å². The number of hydrogen-bond acceptors (Lipinski definition) is 4. The number of pyridine rings is 1. The zero-order valence-electron chi connectivity index (χ0n) is 18.8. The Balaban J connectivity index is 1.44. The molecule has 1 amide bonds. The Morgan fingerprint density at radius 3 is 2.58 bits per heavy atom. The van der Waals surface area contributed by atoms with Crippen molar-refractivity contribution >= 4 is 17.1 Å². The van der Waals surface area contributed by atoms with Crippen molar-refractivity contribution in [3.63, 3.8) is 0 Å². The molecule has 0 aliphatic carbocycles. The molecule has 7 heteroatoms. The van der Waals surface area contributed by atoms with Crippen LogP contribution < -0.4 is 4.74 Å². The zero-order chi connectivity index (χ0) is 23.4. The number of aromatic nitrogens is 1. The number of halogens is 1. The van der Waals surface area contributed by atoms with Crippen LogP contribution in [0.25, 0.3) is 0 Å². The molecule has 2 heterocycles. The maximum absolute atomic E-state index is 13.2. The number of carbonyl (C=O) groups excluding carboxylic acids is 1. The molecule has 1 aromatic heterocycles. The third-order valence-corrected chi connectivity index (χ3v) is 7.35. The van der Waals surface area contributed by atoms with Crippen LogP contribution >= 0.6 is 0 Å². The maximum Gasteiger partial charge on any atom is 0.263 e. The van der Waals surface area contributed by atoms with Crippen LogP contribution in [0.2, 0.25) is 0 Å². The van der Waals surface area contributed by atoms with Crippen molar-refractivity contribution in [3.05, 3.63) is 89.5 Å². The van der Waals surface area contributed by atoms with Crippen LogP contribution in [-0.2, 0) is 35.4 Å². The van der Waals surface area contributed by atoms with Gasteiger partial charge in [0.15, 0.2) is 10.6 Å². The first-order chi connectivity index (χ1) is 15.8. The molecule has 1 aliphatic rings. The number of ether oxygens (including phenoxy) is 1. The lowest BCUT2D eigenvalue weighted by molar-refractivity contribution is -0.131. The molecule has 0 bridgehead atoms. The van der Waals surface area contributed by atoms with E-state index in [2.05, 4.69) is 4.98 Å². The lowest BCUT2D eigenvalue weighted by Crippen LogP contribution is -2.33. The monoisotopic (exact) mass is 466 g/mol. The molecule has 172 valence electrons. The van der Waals surface area contributed by atoms with Crippen molar-refractivity contribution in [2.75, 3.05) is 6.54 Å². The predicted octanol–water partition coefficient (Wildman–Crippen LogP) is 4.66. The molecule has 4 rings (SSSR count). The Kier molecular flexibility index (Phi) is 7.00. The molecule has 0 saturated carbocycles. The number of fused-ring (bicyclic) bond motifs is 1. The molecular formula is C26H27FN2O3S. The maximum atomic E-state index is 13.2. The Labute approximate surface area is 196 Å². The van der Waals surface area contributed by atoms with Crippen LogP contribution in [0.1, 0.15) is 37.1 Å². The van der Waals surface area contributed by atoms with Gasteiger partial charge in [0.2, 0.25) is 5.91 Å². The molecule has 0 fully saturated rings. The molecule has 0 saturated heterocycles. The van der Waals surface area contributed by atoms with Crippen LogP contribution in [0.15, 0.2) is 71.8 Å². The predicted molar refractivity (Wildman–Crippen MR) is 126 cm³/mol. The number of amides is 1. The Morgan fingerprint density at radius 1 is 1.09 bits per heavy atom. The third-order valence-electron chi connectivity index (χ3n) is 5.65. The minimum absolute atomic E-state index is 0.0131. The van der Waals surface area contributed by atoms with Crippen molar-refractivity contribution < 1.29 is 18.5 Å². The van der Waals surface area contributed by atoms with E-state index in [0.29, 0.717) is 43.0 Å². The summed E-state index contributed by atoms with van der Waals surface area (Å²) in [4.78, 5) is 19.2. The minimum Gasteiger partial charge on any atom is -0.608 e. The van der Waals surface area contributed by atoms with Crippen molar-refractivity contribution in [1.82, 2.24) is 9.88 Å². The van der Waals surface area contributed by atoms with Gasteiger partial charge in [-0.25, -0.2) is 4.39 Å². The molecular weight excluding hydrogens is 439 g/mol. The van der Waals surface area contributed by atoms with Gasteiger partial charge in [-0.2, -0.15) is 0 Å². The molecule has 1 unspecified atom stereocenters. The first-order valence-corrected chi connectivity index (χ1v) is 12.1. The van der Waals surface area contributed by atoms with E-state index in [0.717, 1.165) is 16.8 Å². The van der Waals surface area contributed by atoms with Crippen LogP contribution in [0, 0.1) is 5.82 Å². The van der Waals surface area contributed by atoms with Crippen LogP contribution in [0.3, 0.4) is 0 Å². The van der Waals surface area contributed by atoms with E-state index in [1.807, 2.05) is 50.2 Å². The topological polar surface area (TPSA) is 65.5 Å². The lowest BCUT2D eigenvalue weighted by atomic mass is 10.1. The Bertz CT molecular complexity index is 1110. The third kappa shape index (κ3) is 5.72. The van der Waals surface area contributed by atoms with Crippen molar-refractivity contribution in [1.29, 1.82) is 0 Å². The van der Waals surface area contributed by atoms with E-state index in [4.69, 9.17) is 4.74 Å². The van der Waals surface area contributed by atoms with E-state index >= 15 is 0 Å². The molecule has 0 N–H and O–H groups in total. The summed E-state index contributed by atoms with van der Waals surface area (Å²) in [5.74, 6) is 0.382. The SMILES string of the molecule is CC1(C)Oc2ccc(CCN(Cc3ccccn3)C(=O)CCc3ccc(F)cc3)cc2[S+]1[O-]. The first-order valence-electron chi connectivity index (χ1n) is 11.0.